The largest absolute Gasteiger partial charge is 0.422 e. The van der Waals surface area contributed by atoms with Gasteiger partial charge in [-0.15, -0.1) is 0 Å². The first kappa shape index (κ1) is 37.4. The number of sulfonamides is 1. The molecule has 276 valence electrons. The van der Waals surface area contributed by atoms with Crippen molar-refractivity contribution in [2.24, 2.45) is 28.7 Å². The molecule has 3 aromatic rings. The average molecular weight is 737 g/mol. The quantitative estimate of drug-likeness (QED) is 0.169. The van der Waals surface area contributed by atoms with E-state index in [0.29, 0.717) is 53.4 Å². The maximum atomic E-state index is 14.2. The normalized spacial score (nSPS) is 23.2. The number of hydrogen-bond donors (Lipinski definition) is 3. The first-order valence-electron chi connectivity index (χ1n) is 17.9. The number of benzene rings is 2. The van der Waals surface area contributed by atoms with Crippen LogP contribution in [-0.4, -0.2) is 60.8 Å². The Hall–Kier alpha value is -5.32. The number of amidine groups is 1. The molecule has 13 heteroatoms. The number of nitrogens with one attached hydrogen (secondary N) is 3. The molecule has 2 aromatic carbocycles. The van der Waals surface area contributed by atoms with Gasteiger partial charge in [-0.1, -0.05) is 81.4 Å². The van der Waals surface area contributed by atoms with E-state index in [4.69, 9.17) is 16.3 Å². The number of anilines is 1. The smallest absolute Gasteiger partial charge is 0.315 e. The number of likely N-dealkylation sites (tertiary alicyclic amines) is 1. The summed E-state index contributed by atoms with van der Waals surface area (Å²) in [4.78, 5) is 54.2. The van der Waals surface area contributed by atoms with Crippen LogP contribution in [0.4, 0.5) is 5.82 Å². The summed E-state index contributed by atoms with van der Waals surface area (Å²) in [5.41, 5.74) is 3.39. The SMILES string of the molecule is [C-]#[N+]C1=C(c2ccccc2)C(=Cc2[nH]c(NC(=O)C(C)NS(C)(=O)=O)c(OC(=O)C3C(C)CC(C)CC3C)c2-c2ccccc2)N=C1N1CCCC1=O. The third kappa shape index (κ3) is 8.04. The number of nitrogens with zero attached hydrogens (tertiary/aromatic N) is 3. The number of aliphatic imine (C=N–C) groups is 1. The van der Waals surface area contributed by atoms with Crippen LogP contribution in [0.2, 0.25) is 0 Å². The fourth-order valence-corrected chi connectivity index (χ4v) is 8.65. The second-order valence-electron chi connectivity index (χ2n) is 14.4. The van der Waals surface area contributed by atoms with Gasteiger partial charge in [-0.2, -0.15) is 0 Å². The standard InChI is InChI=1S/C40H44N6O6S/c1-23-20-24(2)32(25(3)21-23)40(49)52-36-34(28-16-11-8-12-17-28)30(42-37(36)44-39(48)26(4)45-53(6,50)51)22-29-33(27-14-9-7-10-15-27)35(41-5)38(43-29)46-19-13-18-31(46)47/h7-12,14-17,22-26,32,42,45H,13,18-21H2,1-4,6H3,(H,44,48). The Morgan fingerprint density at radius 3 is 2.23 bits per heavy atom. The predicted molar refractivity (Wildman–Crippen MR) is 204 cm³/mol. The first-order valence-corrected chi connectivity index (χ1v) is 19.7. The van der Waals surface area contributed by atoms with Gasteiger partial charge in [0.2, 0.25) is 27.5 Å². The topological polar surface area (TPSA) is 154 Å². The van der Waals surface area contributed by atoms with Crippen molar-refractivity contribution >= 4 is 51.1 Å². The van der Waals surface area contributed by atoms with Crippen molar-refractivity contribution in [3.8, 4) is 16.9 Å². The maximum absolute atomic E-state index is 14.2. The number of aromatic nitrogens is 1. The van der Waals surface area contributed by atoms with Gasteiger partial charge >= 0.3 is 5.97 Å². The summed E-state index contributed by atoms with van der Waals surface area (Å²) < 4.78 is 32.7. The van der Waals surface area contributed by atoms with Crippen LogP contribution in [0, 0.1) is 30.2 Å². The number of ether oxygens (including phenoxy) is 1. The zero-order valence-electron chi connectivity index (χ0n) is 30.5. The van der Waals surface area contributed by atoms with Crippen LogP contribution in [0.25, 0.3) is 27.6 Å². The molecule has 0 radical (unpaired) electrons. The molecule has 3 heterocycles. The maximum Gasteiger partial charge on any atom is 0.315 e. The van der Waals surface area contributed by atoms with Gasteiger partial charge in [-0.3, -0.25) is 14.4 Å². The van der Waals surface area contributed by atoms with Gasteiger partial charge in [-0.25, -0.2) is 23.0 Å². The third-order valence-electron chi connectivity index (χ3n) is 10.0. The molecule has 2 aliphatic heterocycles. The van der Waals surface area contributed by atoms with Gasteiger partial charge in [0, 0.05) is 18.5 Å². The van der Waals surface area contributed by atoms with Gasteiger partial charge in [0.05, 0.1) is 41.7 Å². The highest BCUT2D eigenvalue weighted by atomic mass is 32.2. The van der Waals surface area contributed by atoms with Crippen LogP contribution in [0.3, 0.4) is 0 Å². The Bertz CT molecular complexity index is 2150. The number of carbonyl (C=O) groups is 3. The van der Waals surface area contributed by atoms with Crippen molar-refractivity contribution in [3.63, 3.8) is 0 Å². The fraction of sp³-hybridized carbons (Fsp3) is 0.375. The molecular weight excluding hydrogens is 693 g/mol. The number of hydrogen-bond acceptors (Lipinski definition) is 7. The average Bonchev–Trinajstić information content (AvgIpc) is 3.78. The minimum absolute atomic E-state index is 0.0493. The van der Waals surface area contributed by atoms with Crippen molar-refractivity contribution < 1.29 is 27.5 Å². The fourth-order valence-electron chi connectivity index (χ4n) is 7.90. The van der Waals surface area contributed by atoms with Crippen LogP contribution in [0.15, 0.2) is 77.1 Å². The third-order valence-corrected chi connectivity index (χ3v) is 10.8. The molecule has 6 rings (SSSR count). The highest BCUT2D eigenvalue weighted by Gasteiger charge is 2.39. The minimum atomic E-state index is -3.73. The second-order valence-corrected chi connectivity index (χ2v) is 16.2. The van der Waals surface area contributed by atoms with E-state index in [9.17, 15) is 22.8 Å². The first-order chi connectivity index (χ1) is 25.3. The lowest BCUT2D eigenvalue weighted by molar-refractivity contribution is -0.144. The van der Waals surface area contributed by atoms with Gasteiger partial charge < -0.3 is 19.9 Å². The van der Waals surface area contributed by atoms with E-state index in [1.165, 1.54) is 6.92 Å². The second kappa shape index (κ2) is 15.3. The molecule has 53 heavy (non-hydrogen) atoms. The van der Waals surface area contributed by atoms with Gasteiger partial charge in [-0.05, 0) is 61.1 Å². The lowest BCUT2D eigenvalue weighted by Gasteiger charge is -2.36. The zero-order chi connectivity index (χ0) is 38.0. The Labute approximate surface area is 310 Å². The summed E-state index contributed by atoms with van der Waals surface area (Å²) in [6.45, 7) is 16.3. The molecular formula is C40H44N6O6S. The van der Waals surface area contributed by atoms with E-state index in [1.54, 1.807) is 11.0 Å². The Morgan fingerprint density at radius 1 is 1.04 bits per heavy atom. The van der Waals surface area contributed by atoms with Crippen molar-refractivity contribution in [1.29, 1.82) is 0 Å². The number of allylic oxidation sites excluding steroid dienone is 1. The molecule has 1 aliphatic carbocycles. The summed E-state index contributed by atoms with van der Waals surface area (Å²) in [6.07, 6.45) is 5.44. The van der Waals surface area contributed by atoms with E-state index in [1.807, 2.05) is 60.7 Å². The molecule has 1 saturated heterocycles. The zero-order valence-corrected chi connectivity index (χ0v) is 31.3. The molecule has 2 amide bonds. The number of aromatic amines is 1. The number of rotatable bonds is 9. The van der Waals surface area contributed by atoms with Crippen LogP contribution in [0.5, 0.6) is 5.75 Å². The minimum Gasteiger partial charge on any atom is -0.422 e. The lowest BCUT2D eigenvalue weighted by Crippen LogP contribution is -2.41. The highest BCUT2D eigenvalue weighted by Crippen LogP contribution is 2.46. The molecule has 0 spiro atoms. The van der Waals surface area contributed by atoms with E-state index >= 15 is 0 Å². The number of esters is 1. The number of H-pyrrole nitrogens is 1. The predicted octanol–water partition coefficient (Wildman–Crippen LogP) is 6.49. The van der Waals surface area contributed by atoms with E-state index in [0.717, 1.165) is 24.7 Å². The molecule has 1 aromatic heterocycles. The highest BCUT2D eigenvalue weighted by molar-refractivity contribution is 7.88. The molecule has 2 fully saturated rings. The summed E-state index contributed by atoms with van der Waals surface area (Å²) >= 11 is 0. The van der Waals surface area contributed by atoms with Crippen LogP contribution >= 0.6 is 0 Å². The van der Waals surface area contributed by atoms with E-state index < -0.39 is 33.9 Å². The summed E-state index contributed by atoms with van der Waals surface area (Å²) in [7, 11) is -3.73. The molecule has 1 saturated carbocycles. The van der Waals surface area contributed by atoms with Crippen LogP contribution in [0.1, 0.15) is 64.6 Å². The van der Waals surface area contributed by atoms with Crippen molar-refractivity contribution in [1.82, 2.24) is 14.6 Å². The summed E-state index contributed by atoms with van der Waals surface area (Å²) in [5.74, 6) is -0.646. The molecule has 3 aliphatic rings. The Morgan fingerprint density at radius 2 is 1.66 bits per heavy atom. The Balaban J connectivity index is 1.55. The molecule has 0 bridgehead atoms. The van der Waals surface area contributed by atoms with Crippen molar-refractivity contribution in [2.45, 2.75) is 59.4 Å². The van der Waals surface area contributed by atoms with Crippen LogP contribution < -0.4 is 14.8 Å². The van der Waals surface area contributed by atoms with Gasteiger partial charge in [0.15, 0.2) is 11.6 Å². The van der Waals surface area contributed by atoms with E-state index in [2.05, 4.69) is 40.6 Å². The monoisotopic (exact) mass is 736 g/mol. The van der Waals surface area contributed by atoms with Gasteiger partial charge in [0.1, 0.15) is 5.84 Å². The lowest BCUT2D eigenvalue weighted by atomic mass is 9.69. The molecule has 3 N–H and O–H groups in total. The summed E-state index contributed by atoms with van der Waals surface area (Å²) in [6, 6.07) is 17.4. The van der Waals surface area contributed by atoms with E-state index in [-0.39, 0.29) is 40.8 Å². The number of amides is 2. The molecule has 3 atom stereocenters. The summed E-state index contributed by atoms with van der Waals surface area (Å²) in [5, 5.41) is 2.77. The number of carbonyl (C=O) groups excluding carboxylic acids is 3. The van der Waals surface area contributed by atoms with Gasteiger partial charge in [0.25, 0.3) is 0 Å². The van der Waals surface area contributed by atoms with Crippen molar-refractivity contribution in [2.75, 3.05) is 18.1 Å². The molecule has 3 unspecified atom stereocenters. The Kier molecular flexibility index (Phi) is 10.8. The van der Waals surface area contributed by atoms with Crippen LogP contribution in [-0.2, 0) is 24.4 Å². The molecule has 12 nitrogen and oxygen atoms in total. The van der Waals surface area contributed by atoms with Crippen molar-refractivity contribution in [3.05, 3.63) is 94.7 Å².